The molecule has 1 N–H and O–H groups in total. The first kappa shape index (κ1) is 14.3. The van der Waals surface area contributed by atoms with E-state index in [1.54, 1.807) is 26.1 Å². The van der Waals surface area contributed by atoms with E-state index in [4.69, 9.17) is 0 Å². The molecule has 0 spiro atoms. The number of aromatic nitrogens is 2. The summed E-state index contributed by atoms with van der Waals surface area (Å²) in [6.07, 6.45) is 0. The van der Waals surface area contributed by atoms with Crippen molar-refractivity contribution < 1.29 is 9.90 Å². The Hall–Kier alpha value is -2.10. The van der Waals surface area contributed by atoms with E-state index in [1.165, 1.54) is 10.2 Å². The Labute approximate surface area is 119 Å². The van der Waals surface area contributed by atoms with Crippen molar-refractivity contribution in [2.45, 2.75) is 33.1 Å². The quantitative estimate of drug-likeness (QED) is 0.855. The van der Waals surface area contributed by atoms with Gasteiger partial charge in [-0.15, -0.1) is 0 Å². The van der Waals surface area contributed by atoms with Crippen LogP contribution in [0, 0.1) is 6.92 Å². The number of hydrogen-bond acceptors (Lipinski definition) is 3. The molecule has 0 aliphatic rings. The first-order valence-corrected chi connectivity index (χ1v) is 6.59. The molecule has 1 aromatic carbocycles. The molecule has 1 aromatic heterocycles. The second-order valence-electron chi connectivity index (χ2n) is 6.06. The number of aryl methyl sites for hydroxylation is 2. The molecule has 106 valence electrons. The van der Waals surface area contributed by atoms with Gasteiger partial charge in [-0.05, 0) is 17.9 Å². The van der Waals surface area contributed by atoms with E-state index in [2.05, 4.69) is 25.9 Å². The van der Waals surface area contributed by atoms with Gasteiger partial charge in [0.15, 0.2) is 5.78 Å². The minimum absolute atomic E-state index is 0.0495. The first-order valence-electron chi connectivity index (χ1n) is 6.59. The third kappa shape index (κ3) is 2.46. The van der Waals surface area contributed by atoms with Crippen molar-refractivity contribution in [3.8, 4) is 5.88 Å². The average Bonchev–Trinajstić information content (AvgIpc) is 2.62. The zero-order valence-corrected chi connectivity index (χ0v) is 12.6. The molecule has 0 atom stereocenters. The van der Waals surface area contributed by atoms with Gasteiger partial charge >= 0.3 is 0 Å². The Morgan fingerprint density at radius 1 is 1.20 bits per heavy atom. The summed E-state index contributed by atoms with van der Waals surface area (Å²) in [6.45, 7) is 8.10. The molecular formula is C16H20N2O2. The van der Waals surface area contributed by atoms with Crippen LogP contribution < -0.4 is 0 Å². The maximum absolute atomic E-state index is 12.4. The van der Waals surface area contributed by atoms with Crippen LogP contribution in [0.3, 0.4) is 0 Å². The summed E-state index contributed by atoms with van der Waals surface area (Å²) >= 11 is 0. The average molecular weight is 272 g/mol. The predicted molar refractivity (Wildman–Crippen MR) is 78.2 cm³/mol. The predicted octanol–water partition coefficient (Wildman–Crippen LogP) is 2.96. The molecular weight excluding hydrogens is 252 g/mol. The summed E-state index contributed by atoms with van der Waals surface area (Å²) in [5.41, 5.74) is 2.59. The highest BCUT2D eigenvalue weighted by Crippen LogP contribution is 2.26. The maximum atomic E-state index is 12.4. The van der Waals surface area contributed by atoms with Crippen molar-refractivity contribution in [1.29, 1.82) is 0 Å². The SMILES string of the molecule is Cc1nn(C)c(O)c1C(=O)c1ccc(C(C)(C)C)cc1. The highest BCUT2D eigenvalue weighted by atomic mass is 16.3. The van der Waals surface area contributed by atoms with Crippen LogP contribution in [0.4, 0.5) is 0 Å². The molecule has 0 aliphatic carbocycles. The Kier molecular flexibility index (Phi) is 3.42. The Bertz CT molecular complexity index is 646. The molecule has 4 nitrogen and oxygen atoms in total. The molecule has 0 unspecified atom stereocenters. The standard InChI is InChI=1S/C16H20N2O2/c1-10-13(15(20)18(5)17-10)14(19)11-6-8-12(9-7-11)16(2,3)4/h6-9,20H,1-5H3. The van der Waals surface area contributed by atoms with E-state index in [0.29, 0.717) is 11.3 Å². The minimum atomic E-state index is -0.200. The van der Waals surface area contributed by atoms with Gasteiger partial charge in [0, 0.05) is 12.6 Å². The van der Waals surface area contributed by atoms with E-state index in [-0.39, 0.29) is 22.6 Å². The van der Waals surface area contributed by atoms with Crippen LogP contribution in [-0.2, 0) is 12.5 Å². The molecule has 0 saturated carbocycles. The number of nitrogens with zero attached hydrogens (tertiary/aromatic N) is 2. The number of carbonyl (C=O) groups excluding carboxylic acids is 1. The molecule has 0 radical (unpaired) electrons. The van der Waals surface area contributed by atoms with Crippen LogP contribution in [0.2, 0.25) is 0 Å². The summed E-state index contributed by atoms with van der Waals surface area (Å²) in [7, 11) is 1.61. The molecule has 0 aliphatic heterocycles. The highest BCUT2D eigenvalue weighted by molar-refractivity contribution is 6.11. The lowest BCUT2D eigenvalue weighted by atomic mass is 9.86. The van der Waals surface area contributed by atoms with Gasteiger partial charge in [0.25, 0.3) is 0 Å². The third-order valence-electron chi connectivity index (χ3n) is 3.43. The van der Waals surface area contributed by atoms with Gasteiger partial charge in [0.2, 0.25) is 5.88 Å². The Morgan fingerprint density at radius 2 is 1.75 bits per heavy atom. The monoisotopic (exact) mass is 272 g/mol. The molecule has 1 heterocycles. The normalized spacial score (nSPS) is 11.7. The summed E-state index contributed by atoms with van der Waals surface area (Å²) < 4.78 is 1.31. The van der Waals surface area contributed by atoms with Crippen molar-refractivity contribution in [2.75, 3.05) is 0 Å². The lowest BCUT2D eigenvalue weighted by molar-refractivity contribution is 0.103. The zero-order chi connectivity index (χ0) is 15.1. The number of ketones is 1. The van der Waals surface area contributed by atoms with E-state index in [9.17, 15) is 9.90 Å². The van der Waals surface area contributed by atoms with Gasteiger partial charge in [-0.2, -0.15) is 5.10 Å². The van der Waals surface area contributed by atoms with Crippen molar-refractivity contribution in [3.05, 3.63) is 46.6 Å². The van der Waals surface area contributed by atoms with Crippen LogP contribution in [0.25, 0.3) is 0 Å². The molecule has 4 heteroatoms. The van der Waals surface area contributed by atoms with Crippen molar-refractivity contribution in [1.82, 2.24) is 9.78 Å². The van der Waals surface area contributed by atoms with E-state index in [0.717, 1.165) is 0 Å². The van der Waals surface area contributed by atoms with Crippen LogP contribution in [0.1, 0.15) is 48.0 Å². The van der Waals surface area contributed by atoms with E-state index >= 15 is 0 Å². The number of hydrogen-bond donors (Lipinski definition) is 1. The first-order chi connectivity index (χ1) is 9.21. The van der Waals surface area contributed by atoms with Crippen LogP contribution in [-0.4, -0.2) is 20.7 Å². The Morgan fingerprint density at radius 3 is 2.15 bits per heavy atom. The summed E-state index contributed by atoms with van der Waals surface area (Å²) in [5, 5.41) is 14.0. The number of benzene rings is 1. The summed E-state index contributed by atoms with van der Waals surface area (Å²) in [5.74, 6) is -0.291. The second-order valence-corrected chi connectivity index (χ2v) is 6.06. The fourth-order valence-electron chi connectivity index (χ4n) is 2.18. The van der Waals surface area contributed by atoms with Gasteiger partial charge in [-0.1, -0.05) is 45.0 Å². The fraction of sp³-hybridized carbons (Fsp3) is 0.375. The molecule has 0 fully saturated rings. The zero-order valence-electron chi connectivity index (χ0n) is 12.6. The van der Waals surface area contributed by atoms with E-state index in [1.807, 2.05) is 12.1 Å². The largest absolute Gasteiger partial charge is 0.493 e. The van der Waals surface area contributed by atoms with Gasteiger partial charge in [-0.25, -0.2) is 4.68 Å². The lowest BCUT2D eigenvalue weighted by Gasteiger charge is -2.18. The topological polar surface area (TPSA) is 55.1 Å². The highest BCUT2D eigenvalue weighted by Gasteiger charge is 2.22. The fourth-order valence-corrected chi connectivity index (χ4v) is 2.18. The van der Waals surface area contributed by atoms with Crippen LogP contribution in [0.15, 0.2) is 24.3 Å². The smallest absolute Gasteiger partial charge is 0.220 e. The summed E-state index contributed by atoms with van der Waals surface area (Å²) in [4.78, 5) is 12.4. The van der Waals surface area contributed by atoms with Gasteiger partial charge in [0.1, 0.15) is 5.56 Å². The third-order valence-corrected chi connectivity index (χ3v) is 3.43. The van der Waals surface area contributed by atoms with E-state index < -0.39 is 0 Å². The van der Waals surface area contributed by atoms with Gasteiger partial charge in [-0.3, -0.25) is 4.79 Å². The van der Waals surface area contributed by atoms with Crippen molar-refractivity contribution >= 4 is 5.78 Å². The van der Waals surface area contributed by atoms with Gasteiger partial charge in [0.05, 0.1) is 5.69 Å². The summed E-state index contributed by atoms with van der Waals surface area (Å²) in [6, 6.07) is 7.51. The van der Waals surface area contributed by atoms with Crippen LogP contribution >= 0.6 is 0 Å². The molecule has 2 rings (SSSR count). The lowest BCUT2D eigenvalue weighted by Crippen LogP contribution is -2.11. The molecule has 0 saturated heterocycles. The molecule has 20 heavy (non-hydrogen) atoms. The van der Waals surface area contributed by atoms with Gasteiger partial charge < -0.3 is 5.11 Å². The second kappa shape index (κ2) is 4.78. The number of aromatic hydroxyl groups is 1. The molecule has 0 bridgehead atoms. The van der Waals surface area contributed by atoms with Crippen molar-refractivity contribution in [3.63, 3.8) is 0 Å². The minimum Gasteiger partial charge on any atom is -0.493 e. The van der Waals surface area contributed by atoms with Crippen LogP contribution in [0.5, 0.6) is 5.88 Å². The maximum Gasteiger partial charge on any atom is 0.220 e. The number of carbonyl (C=O) groups is 1. The Balaban J connectivity index is 2.39. The van der Waals surface area contributed by atoms with Crippen molar-refractivity contribution in [2.24, 2.45) is 7.05 Å². The molecule has 0 amide bonds. The number of rotatable bonds is 2. The molecule has 2 aromatic rings.